The minimum absolute atomic E-state index is 0.370. The molecule has 5 heteroatoms. The second kappa shape index (κ2) is 4.70. The normalized spacial score (nSPS) is 10.8. The van der Waals surface area contributed by atoms with Crippen LogP contribution in [0.2, 0.25) is 15.1 Å². The summed E-state index contributed by atoms with van der Waals surface area (Å²) in [4.78, 5) is 4.50. The lowest BCUT2D eigenvalue weighted by Crippen LogP contribution is -1.86. The number of rotatable bonds is 2. The van der Waals surface area contributed by atoms with Gasteiger partial charge in [0.05, 0.1) is 21.3 Å². The molecule has 0 aliphatic carbocycles. The van der Waals surface area contributed by atoms with Crippen molar-refractivity contribution < 1.29 is 4.84 Å². The first-order valence-corrected chi connectivity index (χ1v) is 4.50. The van der Waals surface area contributed by atoms with Crippen molar-refractivity contribution >= 4 is 41.0 Å². The van der Waals surface area contributed by atoms with Gasteiger partial charge in [-0.15, -0.1) is 0 Å². The molecule has 0 atom stereocenters. The lowest BCUT2D eigenvalue weighted by Gasteiger charge is -2.01. The van der Waals surface area contributed by atoms with Crippen LogP contribution in [0.25, 0.3) is 0 Å². The summed E-state index contributed by atoms with van der Waals surface area (Å²) >= 11 is 17.5. The average molecular weight is 239 g/mol. The van der Waals surface area contributed by atoms with E-state index in [2.05, 4.69) is 9.99 Å². The van der Waals surface area contributed by atoms with Crippen molar-refractivity contribution in [3.8, 4) is 0 Å². The van der Waals surface area contributed by atoms with Crippen LogP contribution in [0, 0.1) is 0 Å². The molecular formula is C8H6Cl3NO. The quantitative estimate of drug-likeness (QED) is 0.438. The lowest BCUT2D eigenvalue weighted by molar-refractivity contribution is 0.215. The first-order valence-electron chi connectivity index (χ1n) is 3.37. The van der Waals surface area contributed by atoms with Gasteiger partial charge in [-0.05, 0) is 12.1 Å². The molecular weight excluding hydrogens is 232 g/mol. The molecule has 0 bridgehead atoms. The molecule has 0 amide bonds. The monoisotopic (exact) mass is 237 g/mol. The van der Waals surface area contributed by atoms with Crippen LogP contribution < -0.4 is 0 Å². The highest BCUT2D eigenvalue weighted by atomic mass is 35.5. The standard InChI is InChI=1S/C8H6Cl3NO/c1-13-12-4-5-6(9)2-3-7(10)8(5)11/h2-4H,1H3/b12-4+. The zero-order chi connectivity index (χ0) is 9.84. The number of halogens is 3. The van der Waals surface area contributed by atoms with Crippen LogP contribution in [0.4, 0.5) is 0 Å². The number of oxime groups is 1. The molecule has 0 saturated heterocycles. The van der Waals surface area contributed by atoms with Gasteiger partial charge in [0.1, 0.15) is 7.11 Å². The second-order valence-electron chi connectivity index (χ2n) is 2.17. The van der Waals surface area contributed by atoms with Crippen molar-refractivity contribution in [1.82, 2.24) is 0 Å². The Balaban J connectivity index is 3.17. The molecule has 1 aromatic carbocycles. The average Bonchev–Trinajstić information content (AvgIpc) is 2.12. The highest BCUT2D eigenvalue weighted by Gasteiger charge is 2.06. The number of hydrogen-bond donors (Lipinski definition) is 0. The third-order valence-electron chi connectivity index (χ3n) is 1.37. The predicted octanol–water partition coefficient (Wildman–Crippen LogP) is 3.63. The van der Waals surface area contributed by atoms with Gasteiger partial charge in [-0.1, -0.05) is 40.0 Å². The molecule has 0 unspecified atom stereocenters. The zero-order valence-corrected chi connectivity index (χ0v) is 8.99. The van der Waals surface area contributed by atoms with Crippen LogP contribution in [-0.4, -0.2) is 13.3 Å². The maximum Gasteiger partial charge on any atom is 0.106 e. The van der Waals surface area contributed by atoms with Crippen LogP contribution in [-0.2, 0) is 4.84 Å². The van der Waals surface area contributed by atoms with E-state index in [1.54, 1.807) is 12.1 Å². The van der Waals surface area contributed by atoms with Crippen LogP contribution in [0.3, 0.4) is 0 Å². The van der Waals surface area contributed by atoms with Crippen molar-refractivity contribution in [2.45, 2.75) is 0 Å². The molecule has 0 aliphatic heterocycles. The summed E-state index contributed by atoms with van der Waals surface area (Å²) in [6, 6.07) is 3.27. The minimum Gasteiger partial charge on any atom is -0.399 e. The SMILES string of the molecule is CO/N=C/c1c(Cl)ccc(Cl)c1Cl. The molecule has 2 nitrogen and oxygen atoms in total. The fourth-order valence-corrected chi connectivity index (χ4v) is 1.40. The Bertz CT molecular complexity index is 338. The molecule has 0 saturated carbocycles. The molecule has 0 N–H and O–H groups in total. The molecule has 1 aromatic rings. The molecule has 13 heavy (non-hydrogen) atoms. The van der Waals surface area contributed by atoms with Crippen LogP contribution >= 0.6 is 34.8 Å². The zero-order valence-electron chi connectivity index (χ0n) is 6.72. The van der Waals surface area contributed by atoms with Gasteiger partial charge in [0.15, 0.2) is 0 Å². The smallest absolute Gasteiger partial charge is 0.106 e. The van der Waals surface area contributed by atoms with Gasteiger partial charge in [-0.2, -0.15) is 0 Å². The maximum absolute atomic E-state index is 5.87. The third-order valence-corrected chi connectivity index (χ3v) is 2.52. The van der Waals surface area contributed by atoms with Crippen molar-refractivity contribution in [1.29, 1.82) is 0 Å². The fraction of sp³-hybridized carbons (Fsp3) is 0.125. The summed E-state index contributed by atoms with van der Waals surface area (Å²) in [6.45, 7) is 0. The van der Waals surface area contributed by atoms with E-state index in [9.17, 15) is 0 Å². The largest absolute Gasteiger partial charge is 0.399 e. The van der Waals surface area contributed by atoms with Crippen LogP contribution in [0.1, 0.15) is 5.56 Å². The summed E-state index contributed by atoms with van der Waals surface area (Å²) in [5, 5.41) is 4.84. The van der Waals surface area contributed by atoms with E-state index >= 15 is 0 Å². The van der Waals surface area contributed by atoms with Crippen molar-refractivity contribution in [3.63, 3.8) is 0 Å². The Morgan fingerprint density at radius 2 is 1.85 bits per heavy atom. The molecule has 70 valence electrons. The van der Waals surface area contributed by atoms with Gasteiger partial charge in [-0.3, -0.25) is 0 Å². The van der Waals surface area contributed by atoms with Crippen LogP contribution in [0.15, 0.2) is 17.3 Å². The highest BCUT2D eigenvalue weighted by molar-refractivity contribution is 6.45. The molecule has 0 heterocycles. The Morgan fingerprint density at radius 1 is 1.23 bits per heavy atom. The Hall–Kier alpha value is -0.440. The summed E-state index contributed by atoms with van der Waals surface area (Å²) in [5.74, 6) is 0. The first kappa shape index (κ1) is 10.6. The Kier molecular flexibility index (Phi) is 3.85. The van der Waals surface area contributed by atoms with Crippen molar-refractivity contribution in [2.24, 2.45) is 5.16 Å². The van der Waals surface area contributed by atoms with E-state index in [1.165, 1.54) is 13.3 Å². The lowest BCUT2D eigenvalue weighted by atomic mass is 10.2. The topological polar surface area (TPSA) is 21.6 Å². The molecule has 0 radical (unpaired) electrons. The van der Waals surface area contributed by atoms with Gasteiger partial charge < -0.3 is 4.84 Å². The molecule has 0 aliphatic rings. The Morgan fingerprint density at radius 3 is 2.46 bits per heavy atom. The first-order chi connectivity index (χ1) is 6.16. The molecule has 0 spiro atoms. The number of hydrogen-bond acceptors (Lipinski definition) is 2. The van der Waals surface area contributed by atoms with Crippen LogP contribution in [0.5, 0.6) is 0 Å². The molecule has 0 fully saturated rings. The molecule has 1 rings (SSSR count). The van der Waals surface area contributed by atoms with Crippen molar-refractivity contribution in [3.05, 3.63) is 32.8 Å². The summed E-state index contributed by atoms with van der Waals surface area (Å²) in [5.41, 5.74) is 0.553. The van der Waals surface area contributed by atoms with Crippen molar-refractivity contribution in [2.75, 3.05) is 7.11 Å². The third kappa shape index (κ3) is 2.50. The van der Waals surface area contributed by atoms with Gasteiger partial charge in [0.2, 0.25) is 0 Å². The summed E-state index contributed by atoms with van der Waals surface area (Å²) in [6.07, 6.45) is 1.41. The van der Waals surface area contributed by atoms with Gasteiger partial charge in [0, 0.05) is 5.56 Å². The molecule has 0 aromatic heterocycles. The van der Waals surface area contributed by atoms with E-state index in [0.717, 1.165) is 0 Å². The van der Waals surface area contributed by atoms with Gasteiger partial charge in [0.25, 0.3) is 0 Å². The van der Waals surface area contributed by atoms with Gasteiger partial charge in [-0.25, -0.2) is 0 Å². The summed E-state index contributed by atoms with van der Waals surface area (Å²) < 4.78 is 0. The predicted molar refractivity (Wildman–Crippen MR) is 56.1 cm³/mol. The van der Waals surface area contributed by atoms with E-state index in [1.807, 2.05) is 0 Å². The fourth-order valence-electron chi connectivity index (χ4n) is 0.767. The van der Waals surface area contributed by atoms with Gasteiger partial charge >= 0.3 is 0 Å². The highest BCUT2D eigenvalue weighted by Crippen LogP contribution is 2.29. The second-order valence-corrected chi connectivity index (χ2v) is 3.37. The number of benzene rings is 1. The van der Waals surface area contributed by atoms with E-state index in [-0.39, 0.29) is 0 Å². The minimum atomic E-state index is 0.370. The van der Waals surface area contributed by atoms with E-state index in [0.29, 0.717) is 20.6 Å². The summed E-state index contributed by atoms with van der Waals surface area (Å²) in [7, 11) is 1.43. The Labute approximate surface area is 91.0 Å². The number of nitrogens with zero attached hydrogens (tertiary/aromatic N) is 1. The van der Waals surface area contributed by atoms with E-state index in [4.69, 9.17) is 34.8 Å². The van der Waals surface area contributed by atoms with E-state index < -0.39 is 0 Å². The maximum atomic E-state index is 5.87.